The minimum Gasteiger partial charge on any atom is -0.444 e. The molecule has 1 aromatic rings. The van der Waals surface area contributed by atoms with Crippen molar-refractivity contribution >= 4 is 18.7 Å². The van der Waals surface area contributed by atoms with Gasteiger partial charge in [0.2, 0.25) is 0 Å². The topological polar surface area (TPSA) is 78.8 Å². The summed E-state index contributed by atoms with van der Waals surface area (Å²) in [5.74, 6) is 0. The van der Waals surface area contributed by atoms with Gasteiger partial charge in [-0.25, -0.2) is 4.79 Å². The molecule has 3 N–H and O–H groups in total. The molecule has 0 heterocycles. The van der Waals surface area contributed by atoms with E-state index in [4.69, 9.17) is 4.74 Å². The average molecular weight is 265 g/mol. The van der Waals surface area contributed by atoms with E-state index < -0.39 is 18.8 Å². The van der Waals surface area contributed by atoms with Gasteiger partial charge in [0.25, 0.3) is 0 Å². The molecule has 1 rings (SSSR count). The number of hydrogen-bond acceptors (Lipinski definition) is 4. The van der Waals surface area contributed by atoms with Gasteiger partial charge in [0.05, 0.1) is 0 Å². The standard InChI is InChI=1S/C13H20BNO4/c1-9-5-6-10(7-11(9)14(17)18)8-15-12(16)19-13(2,3)4/h5-7,17-18H,8H2,1-4H3,(H,15,16). The zero-order chi connectivity index (χ0) is 14.6. The van der Waals surface area contributed by atoms with E-state index in [1.165, 1.54) is 0 Å². The van der Waals surface area contributed by atoms with Crippen molar-refractivity contribution in [1.82, 2.24) is 5.32 Å². The smallest absolute Gasteiger partial charge is 0.444 e. The van der Waals surface area contributed by atoms with Crippen LogP contribution in [0.25, 0.3) is 0 Å². The summed E-state index contributed by atoms with van der Waals surface area (Å²) < 4.78 is 5.11. The van der Waals surface area contributed by atoms with E-state index in [1.807, 2.05) is 6.07 Å². The number of amides is 1. The number of benzene rings is 1. The molecule has 1 aromatic carbocycles. The third kappa shape index (κ3) is 5.32. The number of ether oxygens (including phenoxy) is 1. The van der Waals surface area contributed by atoms with E-state index in [2.05, 4.69) is 5.32 Å². The van der Waals surface area contributed by atoms with Crippen LogP contribution in [-0.4, -0.2) is 28.9 Å². The Morgan fingerprint density at radius 2 is 2.00 bits per heavy atom. The predicted octanol–water partition coefficient (Wildman–Crippen LogP) is 0.700. The molecule has 0 aromatic heterocycles. The molecule has 0 fully saturated rings. The Hall–Kier alpha value is -1.53. The molecule has 1 amide bonds. The van der Waals surface area contributed by atoms with Gasteiger partial charge in [-0.2, -0.15) is 0 Å². The van der Waals surface area contributed by atoms with Gasteiger partial charge in [-0.15, -0.1) is 0 Å². The van der Waals surface area contributed by atoms with Crippen molar-refractivity contribution in [1.29, 1.82) is 0 Å². The van der Waals surface area contributed by atoms with Crippen molar-refractivity contribution in [2.24, 2.45) is 0 Å². The number of carbonyl (C=O) groups is 1. The lowest BCUT2D eigenvalue weighted by molar-refractivity contribution is 0.0523. The molecule has 0 unspecified atom stereocenters. The van der Waals surface area contributed by atoms with Crippen molar-refractivity contribution in [3.8, 4) is 0 Å². The Morgan fingerprint density at radius 3 is 2.53 bits per heavy atom. The zero-order valence-corrected chi connectivity index (χ0v) is 11.7. The van der Waals surface area contributed by atoms with Gasteiger partial charge in [-0.3, -0.25) is 0 Å². The highest BCUT2D eigenvalue weighted by Crippen LogP contribution is 2.07. The zero-order valence-electron chi connectivity index (χ0n) is 11.7. The van der Waals surface area contributed by atoms with Crippen LogP contribution >= 0.6 is 0 Å². The summed E-state index contributed by atoms with van der Waals surface area (Å²) in [5, 5.41) is 21.0. The van der Waals surface area contributed by atoms with Crippen LogP contribution in [0.2, 0.25) is 0 Å². The Balaban J connectivity index is 2.64. The minimum atomic E-state index is -1.51. The first kappa shape index (κ1) is 15.5. The fraction of sp³-hybridized carbons (Fsp3) is 0.462. The maximum atomic E-state index is 11.5. The number of rotatable bonds is 3. The molecule has 0 aliphatic rings. The number of nitrogens with one attached hydrogen (secondary N) is 1. The second-order valence-corrected chi connectivity index (χ2v) is 5.42. The molecule has 0 spiro atoms. The van der Waals surface area contributed by atoms with Gasteiger partial charge >= 0.3 is 13.2 Å². The number of hydrogen-bond donors (Lipinski definition) is 3. The van der Waals surface area contributed by atoms with E-state index >= 15 is 0 Å². The molecule has 0 radical (unpaired) electrons. The van der Waals surface area contributed by atoms with E-state index in [9.17, 15) is 14.8 Å². The first-order valence-electron chi connectivity index (χ1n) is 6.11. The van der Waals surface area contributed by atoms with E-state index in [-0.39, 0.29) is 6.54 Å². The maximum absolute atomic E-state index is 11.5. The summed E-state index contributed by atoms with van der Waals surface area (Å²) in [6, 6.07) is 5.25. The van der Waals surface area contributed by atoms with Crippen molar-refractivity contribution in [3.63, 3.8) is 0 Å². The lowest BCUT2D eigenvalue weighted by Gasteiger charge is -2.19. The lowest BCUT2D eigenvalue weighted by Crippen LogP contribution is -2.34. The first-order chi connectivity index (χ1) is 8.69. The summed E-state index contributed by atoms with van der Waals surface area (Å²) in [5.41, 5.74) is 1.46. The van der Waals surface area contributed by atoms with E-state index in [1.54, 1.807) is 39.8 Å². The summed E-state index contributed by atoms with van der Waals surface area (Å²) in [6.45, 7) is 7.44. The van der Waals surface area contributed by atoms with Crippen molar-refractivity contribution in [2.45, 2.75) is 39.8 Å². The second kappa shape index (κ2) is 6.08. The summed E-state index contributed by atoms with van der Waals surface area (Å²) in [7, 11) is -1.51. The van der Waals surface area contributed by atoms with E-state index in [0.717, 1.165) is 11.1 Å². The number of alkyl carbamates (subject to hydrolysis) is 1. The van der Waals surface area contributed by atoms with Gasteiger partial charge < -0.3 is 20.1 Å². The predicted molar refractivity (Wildman–Crippen MR) is 74.1 cm³/mol. The summed E-state index contributed by atoms with van der Waals surface area (Å²) in [4.78, 5) is 11.5. The quantitative estimate of drug-likeness (QED) is 0.703. The van der Waals surface area contributed by atoms with Gasteiger partial charge in [0, 0.05) is 6.54 Å². The van der Waals surface area contributed by atoms with Crippen LogP contribution in [-0.2, 0) is 11.3 Å². The highest BCUT2D eigenvalue weighted by Gasteiger charge is 2.17. The molecular formula is C13H20BNO4. The van der Waals surface area contributed by atoms with Crippen molar-refractivity contribution in [2.75, 3.05) is 0 Å². The molecule has 0 saturated heterocycles. The molecule has 0 aliphatic heterocycles. The average Bonchev–Trinajstić information content (AvgIpc) is 2.25. The molecule has 6 heteroatoms. The van der Waals surface area contributed by atoms with Crippen LogP contribution in [0.5, 0.6) is 0 Å². The van der Waals surface area contributed by atoms with Gasteiger partial charge in [-0.05, 0) is 38.7 Å². The molecule has 0 bridgehead atoms. The molecule has 5 nitrogen and oxygen atoms in total. The van der Waals surface area contributed by atoms with Crippen LogP contribution in [0.4, 0.5) is 4.79 Å². The molecule has 0 saturated carbocycles. The monoisotopic (exact) mass is 265 g/mol. The van der Waals surface area contributed by atoms with Gasteiger partial charge in [0.1, 0.15) is 5.60 Å². The van der Waals surface area contributed by atoms with Crippen LogP contribution < -0.4 is 10.8 Å². The second-order valence-electron chi connectivity index (χ2n) is 5.42. The number of aryl methyl sites for hydroxylation is 1. The fourth-order valence-electron chi connectivity index (χ4n) is 1.57. The van der Waals surface area contributed by atoms with Crippen LogP contribution in [0.1, 0.15) is 31.9 Å². The summed E-state index contributed by atoms with van der Waals surface area (Å²) in [6.07, 6.45) is -0.501. The highest BCUT2D eigenvalue weighted by atomic mass is 16.6. The van der Waals surface area contributed by atoms with Gasteiger partial charge in [-0.1, -0.05) is 23.8 Å². The Morgan fingerprint density at radius 1 is 1.37 bits per heavy atom. The fourth-order valence-corrected chi connectivity index (χ4v) is 1.57. The molecule has 104 valence electrons. The first-order valence-corrected chi connectivity index (χ1v) is 6.11. The van der Waals surface area contributed by atoms with Crippen LogP contribution in [0, 0.1) is 6.92 Å². The van der Waals surface area contributed by atoms with Gasteiger partial charge in [0.15, 0.2) is 0 Å². The van der Waals surface area contributed by atoms with E-state index in [0.29, 0.717) is 5.46 Å². The van der Waals surface area contributed by atoms with Crippen LogP contribution in [0.15, 0.2) is 18.2 Å². The Bertz CT molecular complexity index is 454. The third-order valence-corrected chi connectivity index (χ3v) is 2.46. The van der Waals surface area contributed by atoms with Crippen molar-refractivity contribution in [3.05, 3.63) is 29.3 Å². The highest BCUT2D eigenvalue weighted by molar-refractivity contribution is 6.59. The minimum absolute atomic E-state index is 0.273. The third-order valence-electron chi connectivity index (χ3n) is 2.46. The SMILES string of the molecule is Cc1ccc(CNC(=O)OC(C)(C)C)cc1B(O)O. The summed E-state index contributed by atoms with van der Waals surface area (Å²) >= 11 is 0. The van der Waals surface area contributed by atoms with Crippen LogP contribution in [0.3, 0.4) is 0 Å². The normalized spacial score (nSPS) is 11.1. The lowest BCUT2D eigenvalue weighted by atomic mass is 9.76. The number of carbonyl (C=O) groups excluding carboxylic acids is 1. The molecular weight excluding hydrogens is 245 g/mol. The maximum Gasteiger partial charge on any atom is 0.488 e. The molecule has 19 heavy (non-hydrogen) atoms. The largest absolute Gasteiger partial charge is 0.488 e. The molecule has 0 atom stereocenters. The Labute approximate surface area is 113 Å². The Kier molecular flexibility index (Phi) is 4.97. The van der Waals surface area contributed by atoms with Crippen molar-refractivity contribution < 1.29 is 19.6 Å². The molecule has 0 aliphatic carbocycles.